The highest BCUT2D eigenvalue weighted by Crippen LogP contribution is 2.30. The number of amides is 1. The van der Waals surface area contributed by atoms with Crippen LogP contribution < -0.4 is 5.32 Å². The molecular formula is C18H19Cl2N3O3. The Balaban J connectivity index is 2.25. The van der Waals surface area contributed by atoms with Crippen molar-refractivity contribution in [3.63, 3.8) is 0 Å². The summed E-state index contributed by atoms with van der Waals surface area (Å²) in [6, 6.07) is 9.25. The van der Waals surface area contributed by atoms with Crippen LogP contribution in [0, 0.1) is 0 Å². The number of allylic oxidation sites excluding steroid dienone is 1. The molecule has 0 bridgehead atoms. The summed E-state index contributed by atoms with van der Waals surface area (Å²) < 4.78 is 1.34. The lowest BCUT2D eigenvalue weighted by atomic mass is 9.78. The number of carbonyl (C=O) groups is 2. The number of halogens is 2. The molecule has 1 unspecified atom stereocenters. The average Bonchev–Trinajstić information content (AvgIpc) is 2.99. The number of carboxylic acid groups (broad SMARTS) is 1. The second-order valence-corrected chi connectivity index (χ2v) is 7.03. The monoisotopic (exact) mass is 395 g/mol. The molecular weight excluding hydrogens is 377 g/mol. The van der Waals surface area contributed by atoms with Crippen molar-refractivity contribution in [3.05, 3.63) is 63.9 Å². The maximum atomic E-state index is 12.9. The Morgan fingerprint density at radius 1 is 1.31 bits per heavy atom. The zero-order chi connectivity index (χ0) is 19.3. The molecule has 0 aliphatic carbocycles. The van der Waals surface area contributed by atoms with Crippen molar-refractivity contribution in [3.8, 4) is 0 Å². The number of aryl methyl sites for hydroxylation is 1. The Labute approximate surface area is 161 Å². The highest BCUT2D eigenvalue weighted by atomic mass is 35.5. The van der Waals surface area contributed by atoms with E-state index in [0.717, 1.165) is 5.56 Å². The number of nitrogens with one attached hydrogen (secondary N) is 1. The third kappa shape index (κ3) is 4.45. The molecule has 8 heteroatoms. The molecule has 1 atom stereocenters. The Morgan fingerprint density at radius 3 is 2.54 bits per heavy atom. The summed E-state index contributed by atoms with van der Waals surface area (Å²) in [6.07, 6.45) is 3.30. The number of hydrogen-bond acceptors (Lipinski definition) is 3. The van der Waals surface area contributed by atoms with Crippen LogP contribution in [0.25, 0.3) is 0 Å². The molecule has 0 aliphatic rings. The third-order valence-electron chi connectivity index (χ3n) is 4.23. The first-order valence-corrected chi connectivity index (χ1v) is 8.60. The average molecular weight is 396 g/mol. The minimum atomic E-state index is -1.10. The Kier molecular flexibility index (Phi) is 6.45. The summed E-state index contributed by atoms with van der Waals surface area (Å²) in [4.78, 5) is 24.3. The van der Waals surface area contributed by atoms with Gasteiger partial charge in [0.15, 0.2) is 5.69 Å². The third-order valence-corrected chi connectivity index (χ3v) is 4.54. The molecule has 0 saturated heterocycles. The summed E-state index contributed by atoms with van der Waals surface area (Å²) in [7, 11) is 1.54. The van der Waals surface area contributed by atoms with Gasteiger partial charge in [-0.3, -0.25) is 9.48 Å². The fourth-order valence-electron chi connectivity index (χ4n) is 2.69. The molecule has 2 aromatic rings. The van der Waals surface area contributed by atoms with Gasteiger partial charge in [0.05, 0.1) is 11.6 Å². The molecule has 0 aliphatic heterocycles. The minimum Gasteiger partial charge on any atom is -0.477 e. The fourth-order valence-corrected chi connectivity index (χ4v) is 2.84. The quantitative estimate of drug-likeness (QED) is 0.752. The molecule has 0 radical (unpaired) electrons. The number of aromatic carboxylic acids is 1. The SMILES string of the molecule is Cn1ncc(CNC(=O)C(C)(CC=C(Cl)Cl)c2ccccc2)c1C(=O)O. The molecule has 2 rings (SSSR count). The zero-order valence-electron chi connectivity index (χ0n) is 14.4. The van der Waals surface area contributed by atoms with Crippen LogP contribution >= 0.6 is 23.2 Å². The van der Waals surface area contributed by atoms with Gasteiger partial charge in [0, 0.05) is 19.2 Å². The molecule has 2 N–H and O–H groups in total. The minimum absolute atomic E-state index is 0.0374. The normalized spacial score (nSPS) is 12.9. The van der Waals surface area contributed by atoms with Gasteiger partial charge in [0.2, 0.25) is 5.91 Å². The van der Waals surface area contributed by atoms with E-state index in [0.29, 0.717) is 12.0 Å². The number of nitrogens with zero attached hydrogens (tertiary/aromatic N) is 2. The van der Waals surface area contributed by atoms with Gasteiger partial charge in [0.1, 0.15) is 4.49 Å². The van der Waals surface area contributed by atoms with E-state index in [2.05, 4.69) is 10.4 Å². The number of carbonyl (C=O) groups excluding carboxylic acids is 1. The Bertz CT molecular complexity index is 829. The van der Waals surface area contributed by atoms with Crippen LogP contribution in [-0.4, -0.2) is 26.8 Å². The molecule has 1 aromatic heterocycles. The first-order valence-electron chi connectivity index (χ1n) is 7.85. The van der Waals surface area contributed by atoms with E-state index in [1.165, 1.54) is 17.9 Å². The van der Waals surface area contributed by atoms with Gasteiger partial charge in [-0.1, -0.05) is 59.6 Å². The van der Waals surface area contributed by atoms with Crippen molar-refractivity contribution < 1.29 is 14.7 Å². The van der Waals surface area contributed by atoms with Crippen LogP contribution in [0.15, 0.2) is 47.1 Å². The standard InChI is InChI=1S/C18H19Cl2N3O3/c1-18(9-8-14(19)20,13-6-4-3-5-7-13)17(26)21-10-12-11-22-23(2)15(12)16(24)25/h3-8,11H,9-10H2,1-2H3,(H,21,26)(H,24,25). The van der Waals surface area contributed by atoms with Crippen molar-refractivity contribution in [1.82, 2.24) is 15.1 Å². The zero-order valence-corrected chi connectivity index (χ0v) is 15.9. The summed E-state index contributed by atoms with van der Waals surface area (Å²) in [5.41, 5.74) is 0.347. The molecule has 0 fully saturated rings. The second-order valence-electron chi connectivity index (χ2n) is 6.03. The molecule has 1 aromatic carbocycles. The Morgan fingerprint density at radius 2 is 1.96 bits per heavy atom. The number of rotatable bonds is 7. The number of carboxylic acids is 1. The molecule has 0 spiro atoms. The predicted octanol–water partition coefficient (Wildman–Crippen LogP) is 3.40. The van der Waals surface area contributed by atoms with Crippen LogP contribution in [0.3, 0.4) is 0 Å². The molecule has 1 amide bonds. The summed E-state index contributed by atoms with van der Waals surface area (Å²) >= 11 is 11.5. The second kappa shape index (κ2) is 8.38. The molecule has 0 saturated carbocycles. The van der Waals surface area contributed by atoms with Gasteiger partial charge in [-0.25, -0.2) is 4.79 Å². The van der Waals surface area contributed by atoms with Crippen LogP contribution in [0.4, 0.5) is 0 Å². The Hall–Kier alpha value is -2.31. The van der Waals surface area contributed by atoms with E-state index in [-0.39, 0.29) is 22.6 Å². The predicted molar refractivity (Wildman–Crippen MR) is 100 cm³/mol. The van der Waals surface area contributed by atoms with E-state index in [9.17, 15) is 14.7 Å². The van der Waals surface area contributed by atoms with Crippen molar-refractivity contribution in [2.45, 2.75) is 25.3 Å². The van der Waals surface area contributed by atoms with E-state index in [1.807, 2.05) is 30.3 Å². The first-order chi connectivity index (χ1) is 12.3. The lowest BCUT2D eigenvalue weighted by Gasteiger charge is -2.28. The van der Waals surface area contributed by atoms with Crippen molar-refractivity contribution in [2.75, 3.05) is 0 Å². The summed E-state index contributed by atoms with van der Waals surface area (Å²) in [5.74, 6) is -1.37. The maximum Gasteiger partial charge on any atom is 0.354 e. The maximum absolute atomic E-state index is 12.9. The van der Waals surface area contributed by atoms with E-state index in [1.54, 1.807) is 13.0 Å². The molecule has 26 heavy (non-hydrogen) atoms. The van der Waals surface area contributed by atoms with Crippen molar-refractivity contribution >= 4 is 35.1 Å². The van der Waals surface area contributed by atoms with Crippen LogP contribution in [-0.2, 0) is 23.8 Å². The number of aromatic nitrogens is 2. The summed E-state index contributed by atoms with van der Waals surface area (Å²) in [5, 5.41) is 16.0. The van der Waals surface area contributed by atoms with Gasteiger partial charge in [0.25, 0.3) is 0 Å². The van der Waals surface area contributed by atoms with Crippen molar-refractivity contribution in [1.29, 1.82) is 0 Å². The van der Waals surface area contributed by atoms with E-state index < -0.39 is 11.4 Å². The summed E-state index contributed by atoms with van der Waals surface area (Å²) in [6.45, 7) is 1.83. The largest absolute Gasteiger partial charge is 0.477 e. The van der Waals surface area contributed by atoms with E-state index >= 15 is 0 Å². The van der Waals surface area contributed by atoms with E-state index in [4.69, 9.17) is 23.2 Å². The fraction of sp³-hybridized carbons (Fsp3) is 0.278. The van der Waals surface area contributed by atoms with Gasteiger partial charge in [-0.2, -0.15) is 5.10 Å². The smallest absolute Gasteiger partial charge is 0.354 e. The van der Waals surface area contributed by atoms with Gasteiger partial charge in [-0.15, -0.1) is 0 Å². The van der Waals surface area contributed by atoms with Crippen molar-refractivity contribution in [2.24, 2.45) is 7.05 Å². The lowest BCUT2D eigenvalue weighted by Crippen LogP contribution is -2.42. The van der Waals surface area contributed by atoms with Crippen LogP contribution in [0.1, 0.15) is 35.0 Å². The highest BCUT2D eigenvalue weighted by molar-refractivity contribution is 6.55. The topological polar surface area (TPSA) is 84.2 Å². The van der Waals surface area contributed by atoms with Gasteiger partial charge < -0.3 is 10.4 Å². The first kappa shape index (κ1) is 20.0. The number of benzene rings is 1. The van der Waals surface area contributed by atoms with Gasteiger partial charge >= 0.3 is 5.97 Å². The highest BCUT2D eigenvalue weighted by Gasteiger charge is 2.34. The van der Waals surface area contributed by atoms with Crippen LogP contribution in [0.2, 0.25) is 0 Å². The van der Waals surface area contributed by atoms with Gasteiger partial charge in [-0.05, 0) is 18.9 Å². The molecule has 6 nitrogen and oxygen atoms in total. The molecule has 138 valence electrons. The van der Waals surface area contributed by atoms with Crippen LogP contribution in [0.5, 0.6) is 0 Å². The number of hydrogen-bond donors (Lipinski definition) is 2. The molecule has 1 heterocycles. The lowest BCUT2D eigenvalue weighted by molar-refractivity contribution is -0.126.